The number of carbonyl (C=O) groups is 1. The second-order valence-electron chi connectivity index (χ2n) is 5.50. The van der Waals surface area contributed by atoms with E-state index in [9.17, 15) is 4.79 Å². The Labute approximate surface area is 167 Å². The molecule has 0 atom stereocenters. The number of anilines is 2. The Morgan fingerprint density at radius 3 is 2.42 bits per heavy atom. The number of halogens is 1. The van der Waals surface area contributed by atoms with E-state index in [1.807, 2.05) is 72.1 Å². The van der Waals surface area contributed by atoms with Crippen molar-refractivity contribution in [3.63, 3.8) is 0 Å². The molecule has 0 aliphatic heterocycles. The first-order valence-electron chi connectivity index (χ1n) is 7.88. The van der Waals surface area contributed by atoms with E-state index in [1.165, 1.54) is 11.3 Å². The molecule has 2 heterocycles. The van der Waals surface area contributed by atoms with E-state index in [1.54, 1.807) is 11.3 Å². The van der Waals surface area contributed by atoms with E-state index < -0.39 is 0 Å². The molecule has 6 heteroatoms. The summed E-state index contributed by atoms with van der Waals surface area (Å²) in [5.74, 6) is -0.0143. The summed E-state index contributed by atoms with van der Waals surface area (Å²) in [7, 11) is 0. The van der Waals surface area contributed by atoms with Gasteiger partial charge in [0.05, 0.1) is 4.88 Å². The van der Waals surface area contributed by atoms with E-state index in [4.69, 9.17) is 4.98 Å². The van der Waals surface area contributed by atoms with Gasteiger partial charge in [0, 0.05) is 15.7 Å². The molecule has 0 fully saturated rings. The zero-order valence-corrected chi connectivity index (χ0v) is 16.7. The molecule has 4 rings (SSSR count). The summed E-state index contributed by atoms with van der Waals surface area (Å²) >= 11 is 6.37. The van der Waals surface area contributed by atoms with Crippen molar-refractivity contribution in [1.29, 1.82) is 0 Å². The van der Waals surface area contributed by atoms with Crippen LogP contribution in [0.2, 0.25) is 0 Å². The van der Waals surface area contributed by atoms with Gasteiger partial charge in [0.15, 0.2) is 5.13 Å². The van der Waals surface area contributed by atoms with Gasteiger partial charge in [-0.15, -0.1) is 11.3 Å². The van der Waals surface area contributed by atoms with Crippen LogP contribution in [0.3, 0.4) is 0 Å². The van der Waals surface area contributed by atoms with E-state index in [-0.39, 0.29) is 5.78 Å². The first kappa shape index (κ1) is 17.1. The molecule has 0 bridgehead atoms. The van der Waals surface area contributed by atoms with Crippen molar-refractivity contribution < 1.29 is 4.79 Å². The molecule has 0 saturated heterocycles. The van der Waals surface area contributed by atoms with Crippen LogP contribution in [0.25, 0.3) is 10.6 Å². The standard InChI is InChI=1S/C20H13BrN2OS2/c21-14-10-8-13(9-11-14)18(24)19-17(16-7-4-12-25-16)23-20(26-19)22-15-5-2-1-3-6-15/h1-12H,(H,22,23). The fourth-order valence-corrected chi connectivity index (χ4v) is 4.50. The van der Waals surface area contributed by atoms with Crippen LogP contribution in [0.5, 0.6) is 0 Å². The minimum atomic E-state index is -0.0143. The number of nitrogens with one attached hydrogen (secondary N) is 1. The topological polar surface area (TPSA) is 42.0 Å². The highest BCUT2D eigenvalue weighted by Crippen LogP contribution is 2.36. The normalized spacial score (nSPS) is 10.7. The molecule has 3 nitrogen and oxygen atoms in total. The van der Waals surface area contributed by atoms with Crippen molar-refractivity contribution >= 4 is 55.2 Å². The maximum Gasteiger partial charge on any atom is 0.205 e. The van der Waals surface area contributed by atoms with Crippen LogP contribution in [0.4, 0.5) is 10.8 Å². The molecular weight excluding hydrogens is 428 g/mol. The highest BCUT2D eigenvalue weighted by molar-refractivity contribution is 9.10. The van der Waals surface area contributed by atoms with Gasteiger partial charge in [-0.2, -0.15) is 0 Å². The molecule has 0 unspecified atom stereocenters. The third-order valence-corrected chi connectivity index (χ3v) is 6.09. The molecule has 26 heavy (non-hydrogen) atoms. The molecule has 0 amide bonds. The molecule has 1 N–H and O–H groups in total. The Morgan fingerprint density at radius 2 is 1.73 bits per heavy atom. The number of para-hydroxylation sites is 1. The first-order valence-corrected chi connectivity index (χ1v) is 10.4. The van der Waals surface area contributed by atoms with E-state index >= 15 is 0 Å². The third kappa shape index (κ3) is 3.62. The van der Waals surface area contributed by atoms with Crippen LogP contribution in [0.15, 0.2) is 76.6 Å². The fraction of sp³-hybridized carbons (Fsp3) is 0. The zero-order chi connectivity index (χ0) is 17.9. The summed E-state index contributed by atoms with van der Waals surface area (Å²) in [4.78, 5) is 19.4. The van der Waals surface area contributed by atoms with Gasteiger partial charge >= 0.3 is 0 Å². The summed E-state index contributed by atoms with van der Waals surface area (Å²) < 4.78 is 0.947. The van der Waals surface area contributed by atoms with E-state index in [0.29, 0.717) is 15.6 Å². The second kappa shape index (κ2) is 7.53. The minimum absolute atomic E-state index is 0.0143. The molecule has 128 valence electrons. The number of thiophene rings is 1. The molecule has 0 saturated carbocycles. The lowest BCUT2D eigenvalue weighted by Gasteiger charge is -2.01. The quantitative estimate of drug-likeness (QED) is 0.355. The maximum absolute atomic E-state index is 13.1. The maximum atomic E-state index is 13.1. The van der Waals surface area contributed by atoms with Gasteiger partial charge in [0.2, 0.25) is 5.78 Å². The lowest BCUT2D eigenvalue weighted by atomic mass is 10.1. The highest BCUT2D eigenvalue weighted by atomic mass is 79.9. The lowest BCUT2D eigenvalue weighted by molar-refractivity contribution is 0.104. The first-order chi connectivity index (χ1) is 12.7. The van der Waals surface area contributed by atoms with Crippen LogP contribution in [0.1, 0.15) is 15.2 Å². The number of hydrogen-bond acceptors (Lipinski definition) is 5. The summed E-state index contributed by atoms with van der Waals surface area (Å²) in [5, 5.41) is 6.00. The van der Waals surface area contributed by atoms with Crippen LogP contribution in [-0.4, -0.2) is 10.8 Å². The molecule has 0 radical (unpaired) electrons. The third-order valence-electron chi connectivity index (χ3n) is 3.72. The monoisotopic (exact) mass is 440 g/mol. The van der Waals surface area contributed by atoms with Gasteiger partial charge < -0.3 is 5.32 Å². The van der Waals surface area contributed by atoms with E-state index in [2.05, 4.69) is 21.2 Å². The molecule has 2 aromatic heterocycles. The van der Waals surface area contributed by atoms with Crippen molar-refractivity contribution in [1.82, 2.24) is 4.98 Å². The van der Waals surface area contributed by atoms with Gasteiger partial charge in [-0.3, -0.25) is 4.79 Å². The number of hydrogen-bond donors (Lipinski definition) is 1. The summed E-state index contributed by atoms with van der Waals surface area (Å²) in [6.45, 7) is 0. The van der Waals surface area contributed by atoms with Gasteiger partial charge in [-0.25, -0.2) is 4.98 Å². The minimum Gasteiger partial charge on any atom is -0.332 e. The number of benzene rings is 2. The second-order valence-corrected chi connectivity index (χ2v) is 8.36. The largest absolute Gasteiger partial charge is 0.332 e. The Hall–Kier alpha value is -2.28. The Bertz CT molecular complexity index is 1030. The summed E-state index contributed by atoms with van der Waals surface area (Å²) in [6.07, 6.45) is 0. The molecule has 2 aromatic carbocycles. The predicted molar refractivity (Wildman–Crippen MR) is 113 cm³/mol. The average molecular weight is 441 g/mol. The fourth-order valence-electron chi connectivity index (χ4n) is 2.49. The van der Waals surface area contributed by atoms with Crippen LogP contribution < -0.4 is 5.32 Å². The van der Waals surface area contributed by atoms with Crippen molar-refractivity contribution in [2.45, 2.75) is 0 Å². The predicted octanol–water partition coefficient (Wildman–Crippen LogP) is 6.61. The van der Waals surface area contributed by atoms with Crippen molar-refractivity contribution in [3.05, 3.63) is 87.0 Å². The number of aromatic nitrogens is 1. The SMILES string of the molecule is O=C(c1ccc(Br)cc1)c1sc(Nc2ccccc2)nc1-c1cccs1. The smallest absolute Gasteiger partial charge is 0.205 e. The van der Waals surface area contributed by atoms with Crippen LogP contribution >= 0.6 is 38.6 Å². The Morgan fingerprint density at radius 1 is 0.962 bits per heavy atom. The Balaban J connectivity index is 1.74. The average Bonchev–Trinajstić information content (AvgIpc) is 3.32. The zero-order valence-electron chi connectivity index (χ0n) is 13.5. The number of carbonyl (C=O) groups excluding carboxylic acids is 1. The van der Waals surface area contributed by atoms with E-state index in [0.717, 1.165) is 20.7 Å². The van der Waals surface area contributed by atoms with Gasteiger partial charge in [-0.05, 0) is 47.8 Å². The van der Waals surface area contributed by atoms with Crippen molar-refractivity contribution in [2.24, 2.45) is 0 Å². The number of thiazole rings is 1. The molecular formula is C20H13BrN2OS2. The number of nitrogens with zero attached hydrogens (tertiary/aromatic N) is 1. The number of ketones is 1. The van der Waals surface area contributed by atoms with Crippen LogP contribution in [0, 0.1) is 0 Å². The summed E-state index contributed by atoms with van der Waals surface area (Å²) in [6, 6.07) is 21.2. The molecule has 0 spiro atoms. The van der Waals surface area contributed by atoms with Gasteiger partial charge in [0.25, 0.3) is 0 Å². The van der Waals surface area contributed by atoms with Crippen LogP contribution in [-0.2, 0) is 0 Å². The lowest BCUT2D eigenvalue weighted by Crippen LogP contribution is -2.00. The highest BCUT2D eigenvalue weighted by Gasteiger charge is 2.21. The Kier molecular flexibility index (Phi) is 4.97. The van der Waals surface area contributed by atoms with Gasteiger partial charge in [-0.1, -0.05) is 51.5 Å². The molecule has 0 aliphatic rings. The van der Waals surface area contributed by atoms with Gasteiger partial charge in [0.1, 0.15) is 10.6 Å². The molecule has 0 aliphatic carbocycles. The molecule has 4 aromatic rings. The van der Waals surface area contributed by atoms with Crippen molar-refractivity contribution in [3.8, 4) is 10.6 Å². The number of rotatable bonds is 5. The summed E-state index contributed by atoms with van der Waals surface area (Å²) in [5.41, 5.74) is 2.33. The van der Waals surface area contributed by atoms with Crippen molar-refractivity contribution in [2.75, 3.05) is 5.32 Å².